The van der Waals surface area contributed by atoms with Gasteiger partial charge in [-0.1, -0.05) is 25.2 Å². The Morgan fingerprint density at radius 2 is 2.13 bits per heavy atom. The van der Waals surface area contributed by atoms with Crippen LogP contribution in [0.4, 0.5) is 0 Å². The van der Waals surface area contributed by atoms with Crippen molar-refractivity contribution >= 4 is 5.78 Å². The SMILES string of the molecule is C=CC(=O)C/C(C)=C\CCC(C)CCO. The van der Waals surface area contributed by atoms with Gasteiger partial charge in [0, 0.05) is 13.0 Å². The number of aliphatic hydroxyl groups is 1. The number of carbonyl (C=O) groups is 1. The molecule has 0 bridgehead atoms. The minimum Gasteiger partial charge on any atom is -0.396 e. The molecule has 0 saturated carbocycles. The Morgan fingerprint density at radius 3 is 2.67 bits per heavy atom. The van der Waals surface area contributed by atoms with E-state index in [9.17, 15) is 4.79 Å². The monoisotopic (exact) mass is 210 g/mol. The molecule has 0 aliphatic heterocycles. The second-order valence-electron chi connectivity index (χ2n) is 4.09. The lowest BCUT2D eigenvalue weighted by Gasteiger charge is -2.07. The maximum absolute atomic E-state index is 11.0. The van der Waals surface area contributed by atoms with Crippen molar-refractivity contribution < 1.29 is 9.90 Å². The van der Waals surface area contributed by atoms with E-state index in [4.69, 9.17) is 5.11 Å². The van der Waals surface area contributed by atoms with E-state index >= 15 is 0 Å². The standard InChI is InChI=1S/C13H22O2/c1-4-13(15)10-12(3)7-5-6-11(2)8-9-14/h4,7,11,14H,1,5-6,8-10H2,2-3H3/b12-7-. The van der Waals surface area contributed by atoms with Crippen LogP contribution >= 0.6 is 0 Å². The molecule has 0 aliphatic carbocycles. The van der Waals surface area contributed by atoms with Crippen LogP contribution in [0.2, 0.25) is 0 Å². The van der Waals surface area contributed by atoms with Gasteiger partial charge in [-0.2, -0.15) is 0 Å². The number of aliphatic hydroxyl groups excluding tert-OH is 1. The van der Waals surface area contributed by atoms with E-state index in [1.807, 2.05) is 6.92 Å². The number of hydrogen-bond donors (Lipinski definition) is 1. The molecule has 0 aromatic carbocycles. The van der Waals surface area contributed by atoms with Gasteiger partial charge in [0.05, 0.1) is 0 Å². The summed E-state index contributed by atoms with van der Waals surface area (Å²) < 4.78 is 0. The number of carbonyl (C=O) groups excluding carboxylic acids is 1. The molecule has 0 heterocycles. The van der Waals surface area contributed by atoms with Crippen LogP contribution in [0, 0.1) is 5.92 Å². The van der Waals surface area contributed by atoms with Crippen LogP contribution in [0.25, 0.3) is 0 Å². The van der Waals surface area contributed by atoms with E-state index in [0.29, 0.717) is 12.3 Å². The van der Waals surface area contributed by atoms with Gasteiger partial charge in [-0.25, -0.2) is 0 Å². The summed E-state index contributed by atoms with van der Waals surface area (Å²) in [5.74, 6) is 0.626. The molecule has 0 aliphatic rings. The van der Waals surface area contributed by atoms with Crippen molar-refractivity contribution in [1.82, 2.24) is 0 Å². The maximum atomic E-state index is 11.0. The van der Waals surface area contributed by atoms with Crippen molar-refractivity contribution in [3.05, 3.63) is 24.3 Å². The highest BCUT2D eigenvalue weighted by atomic mass is 16.3. The van der Waals surface area contributed by atoms with Gasteiger partial charge in [0.15, 0.2) is 5.78 Å². The summed E-state index contributed by atoms with van der Waals surface area (Å²) in [6.07, 6.45) is 6.87. The van der Waals surface area contributed by atoms with Gasteiger partial charge in [0.2, 0.25) is 0 Å². The molecule has 2 heteroatoms. The Balaban J connectivity index is 3.75. The molecular formula is C13H22O2. The summed E-state index contributed by atoms with van der Waals surface area (Å²) in [6, 6.07) is 0. The van der Waals surface area contributed by atoms with Crippen LogP contribution in [0.15, 0.2) is 24.3 Å². The highest BCUT2D eigenvalue weighted by molar-refractivity contribution is 5.90. The Morgan fingerprint density at radius 1 is 1.47 bits per heavy atom. The summed E-state index contributed by atoms with van der Waals surface area (Å²) in [5.41, 5.74) is 1.11. The van der Waals surface area contributed by atoms with Gasteiger partial charge in [-0.05, 0) is 38.2 Å². The van der Waals surface area contributed by atoms with E-state index < -0.39 is 0 Å². The number of ketones is 1. The van der Waals surface area contributed by atoms with Crippen molar-refractivity contribution in [3.63, 3.8) is 0 Å². The summed E-state index contributed by atoms with van der Waals surface area (Å²) >= 11 is 0. The number of rotatable bonds is 8. The van der Waals surface area contributed by atoms with Gasteiger partial charge in [0.25, 0.3) is 0 Å². The number of allylic oxidation sites excluding steroid dienone is 3. The topological polar surface area (TPSA) is 37.3 Å². The van der Waals surface area contributed by atoms with Crippen LogP contribution in [0.1, 0.15) is 39.5 Å². The zero-order chi connectivity index (χ0) is 11.7. The van der Waals surface area contributed by atoms with Crippen LogP contribution < -0.4 is 0 Å². The summed E-state index contributed by atoms with van der Waals surface area (Å²) in [4.78, 5) is 11.0. The first kappa shape index (κ1) is 14.1. The zero-order valence-electron chi connectivity index (χ0n) is 9.83. The molecule has 0 saturated heterocycles. The third-order valence-electron chi connectivity index (χ3n) is 2.45. The quantitative estimate of drug-likeness (QED) is 0.494. The molecule has 2 nitrogen and oxygen atoms in total. The third-order valence-corrected chi connectivity index (χ3v) is 2.45. The second-order valence-corrected chi connectivity index (χ2v) is 4.09. The fourth-order valence-corrected chi connectivity index (χ4v) is 1.40. The zero-order valence-corrected chi connectivity index (χ0v) is 9.83. The first-order valence-electron chi connectivity index (χ1n) is 5.52. The van der Waals surface area contributed by atoms with Crippen molar-refractivity contribution in [2.24, 2.45) is 5.92 Å². The summed E-state index contributed by atoms with van der Waals surface area (Å²) in [7, 11) is 0. The normalized spacial score (nSPS) is 13.7. The molecule has 0 aromatic rings. The highest BCUT2D eigenvalue weighted by Crippen LogP contribution is 2.12. The van der Waals surface area contributed by atoms with E-state index in [0.717, 1.165) is 24.8 Å². The fraction of sp³-hybridized carbons (Fsp3) is 0.615. The van der Waals surface area contributed by atoms with Crippen molar-refractivity contribution in [2.75, 3.05) is 6.61 Å². The van der Waals surface area contributed by atoms with Gasteiger partial charge in [-0.3, -0.25) is 4.79 Å². The van der Waals surface area contributed by atoms with E-state index in [1.54, 1.807) is 0 Å². The lowest BCUT2D eigenvalue weighted by atomic mass is 10.0. The Kier molecular flexibility index (Phi) is 7.92. The van der Waals surface area contributed by atoms with E-state index in [-0.39, 0.29) is 12.4 Å². The van der Waals surface area contributed by atoms with Crippen LogP contribution in [0.5, 0.6) is 0 Å². The maximum Gasteiger partial charge on any atom is 0.159 e. The molecule has 0 fully saturated rings. The van der Waals surface area contributed by atoms with Crippen molar-refractivity contribution in [3.8, 4) is 0 Å². The smallest absolute Gasteiger partial charge is 0.159 e. The molecule has 0 rings (SSSR count). The van der Waals surface area contributed by atoms with Gasteiger partial charge in [-0.15, -0.1) is 0 Å². The van der Waals surface area contributed by atoms with Gasteiger partial charge in [0.1, 0.15) is 0 Å². The van der Waals surface area contributed by atoms with Crippen LogP contribution in [-0.2, 0) is 4.79 Å². The second kappa shape index (κ2) is 8.42. The van der Waals surface area contributed by atoms with E-state index in [2.05, 4.69) is 19.6 Å². The molecule has 0 radical (unpaired) electrons. The molecule has 1 atom stereocenters. The molecule has 1 N–H and O–H groups in total. The van der Waals surface area contributed by atoms with Gasteiger partial charge < -0.3 is 5.11 Å². The Bertz CT molecular complexity index is 229. The molecule has 0 amide bonds. The molecule has 15 heavy (non-hydrogen) atoms. The summed E-state index contributed by atoms with van der Waals surface area (Å²) in [5, 5.41) is 8.72. The minimum absolute atomic E-state index is 0.0761. The average molecular weight is 210 g/mol. The lowest BCUT2D eigenvalue weighted by molar-refractivity contribution is -0.113. The lowest BCUT2D eigenvalue weighted by Crippen LogP contribution is -1.97. The minimum atomic E-state index is 0.0761. The van der Waals surface area contributed by atoms with Gasteiger partial charge >= 0.3 is 0 Å². The molecular weight excluding hydrogens is 188 g/mol. The molecule has 0 aromatic heterocycles. The predicted octanol–water partition coefficient (Wildman–Crippen LogP) is 2.88. The average Bonchev–Trinajstić information content (AvgIpc) is 2.18. The van der Waals surface area contributed by atoms with Crippen LogP contribution in [0.3, 0.4) is 0 Å². The number of hydrogen-bond acceptors (Lipinski definition) is 2. The fourth-order valence-electron chi connectivity index (χ4n) is 1.40. The molecule has 86 valence electrons. The predicted molar refractivity (Wildman–Crippen MR) is 63.7 cm³/mol. The Hall–Kier alpha value is -0.890. The first-order chi connectivity index (χ1) is 7.10. The third kappa shape index (κ3) is 8.13. The van der Waals surface area contributed by atoms with E-state index in [1.165, 1.54) is 6.08 Å². The highest BCUT2D eigenvalue weighted by Gasteiger charge is 2.00. The largest absolute Gasteiger partial charge is 0.396 e. The molecule has 0 spiro atoms. The van der Waals surface area contributed by atoms with Crippen LogP contribution in [-0.4, -0.2) is 17.5 Å². The first-order valence-corrected chi connectivity index (χ1v) is 5.52. The summed E-state index contributed by atoms with van der Waals surface area (Å²) in [6.45, 7) is 7.81. The van der Waals surface area contributed by atoms with Crippen molar-refractivity contribution in [1.29, 1.82) is 0 Å². The molecule has 1 unspecified atom stereocenters. The Labute approximate surface area is 92.7 Å². The van der Waals surface area contributed by atoms with Crippen molar-refractivity contribution in [2.45, 2.75) is 39.5 Å².